The molecule has 0 bridgehead atoms. The number of para-hydroxylation sites is 1. The van der Waals surface area contributed by atoms with Crippen LogP contribution in [0, 0.1) is 6.92 Å². The topological polar surface area (TPSA) is 84.7 Å². The third-order valence-electron chi connectivity index (χ3n) is 5.06. The zero-order chi connectivity index (χ0) is 19.9. The summed E-state index contributed by atoms with van der Waals surface area (Å²) in [5.74, 6) is -0.520. The van der Waals surface area contributed by atoms with Gasteiger partial charge in [0.1, 0.15) is 11.1 Å². The maximum Gasteiger partial charge on any atom is 0.349 e. The minimum Gasteiger partial charge on any atom is -0.422 e. The molecule has 0 unspecified atom stereocenters. The van der Waals surface area contributed by atoms with Gasteiger partial charge < -0.3 is 9.32 Å². The number of carbonyl (C=O) groups is 1. The van der Waals surface area contributed by atoms with Gasteiger partial charge >= 0.3 is 5.63 Å². The standard InChI is InChI=1S/C20H19NO5S2/c1-13-6-8-27-18(13)11-21(15-7-9-28(24,25)12-15)19(22)16-10-14-4-2-3-5-17(14)26-20(16)23/h2-6,8,10,15H,7,9,11-12H2,1H3/t15-/m0/s1. The molecule has 1 amide bonds. The van der Waals surface area contributed by atoms with Crippen molar-refractivity contribution in [3.05, 3.63) is 68.2 Å². The predicted molar refractivity (Wildman–Crippen MR) is 108 cm³/mol. The van der Waals surface area contributed by atoms with Gasteiger partial charge in [-0.1, -0.05) is 18.2 Å². The Bertz CT molecular complexity index is 1210. The molecule has 0 saturated carbocycles. The van der Waals surface area contributed by atoms with Crippen LogP contribution >= 0.6 is 11.3 Å². The number of rotatable bonds is 4. The molecule has 0 spiro atoms. The van der Waals surface area contributed by atoms with Crippen LogP contribution in [-0.2, 0) is 16.4 Å². The Morgan fingerprint density at radius 1 is 1.29 bits per heavy atom. The highest BCUT2D eigenvalue weighted by Gasteiger charge is 2.36. The van der Waals surface area contributed by atoms with Crippen LogP contribution in [-0.4, -0.2) is 36.8 Å². The van der Waals surface area contributed by atoms with E-state index >= 15 is 0 Å². The Kier molecular flexibility index (Phi) is 4.84. The summed E-state index contributed by atoms with van der Waals surface area (Å²) >= 11 is 1.51. The van der Waals surface area contributed by atoms with Crippen molar-refractivity contribution in [2.45, 2.75) is 25.9 Å². The van der Waals surface area contributed by atoms with Crippen LogP contribution < -0.4 is 5.63 Å². The van der Waals surface area contributed by atoms with Crippen molar-refractivity contribution in [1.29, 1.82) is 0 Å². The highest BCUT2D eigenvalue weighted by Crippen LogP contribution is 2.25. The van der Waals surface area contributed by atoms with Gasteiger partial charge in [-0.3, -0.25) is 4.79 Å². The molecule has 4 rings (SSSR count). The fourth-order valence-electron chi connectivity index (χ4n) is 3.47. The zero-order valence-electron chi connectivity index (χ0n) is 15.3. The number of hydrogen-bond donors (Lipinski definition) is 0. The molecule has 2 aromatic heterocycles. The van der Waals surface area contributed by atoms with E-state index in [0.29, 0.717) is 17.4 Å². The molecule has 0 N–H and O–H groups in total. The van der Waals surface area contributed by atoms with Gasteiger partial charge in [0, 0.05) is 16.3 Å². The van der Waals surface area contributed by atoms with E-state index in [4.69, 9.17) is 4.42 Å². The van der Waals surface area contributed by atoms with Gasteiger partial charge in [-0.05, 0) is 42.5 Å². The first-order valence-electron chi connectivity index (χ1n) is 8.91. The number of aryl methyl sites for hydroxylation is 1. The second kappa shape index (κ2) is 7.18. The number of amides is 1. The minimum absolute atomic E-state index is 0.0528. The second-order valence-corrected chi connectivity index (χ2v) is 10.2. The van der Waals surface area contributed by atoms with Crippen molar-refractivity contribution >= 4 is 38.1 Å². The van der Waals surface area contributed by atoms with E-state index in [1.807, 2.05) is 18.4 Å². The Labute approximate surface area is 166 Å². The normalized spacial score (nSPS) is 18.4. The van der Waals surface area contributed by atoms with Crippen molar-refractivity contribution in [3.63, 3.8) is 0 Å². The third kappa shape index (κ3) is 3.62. The molecular formula is C20H19NO5S2. The average molecular weight is 418 g/mol. The van der Waals surface area contributed by atoms with Crippen molar-refractivity contribution in [2.75, 3.05) is 11.5 Å². The van der Waals surface area contributed by atoms with Gasteiger partial charge in [0.15, 0.2) is 9.84 Å². The first-order valence-corrected chi connectivity index (χ1v) is 11.6. The quantitative estimate of drug-likeness (QED) is 0.609. The molecule has 1 fully saturated rings. The molecule has 1 aromatic carbocycles. The summed E-state index contributed by atoms with van der Waals surface area (Å²) in [4.78, 5) is 28.3. The van der Waals surface area contributed by atoms with Gasteiger partial charge in [-0.15, -0.1) is 11.3 Å². The lowest BCUT2D eigenvalue weighted by molar-refractivity contribution is 0.0678. The molecule has 28 heavy (non-hydrogen) atoms. The Morgan fingerprint density at radius 2 is 2.07 bits per heavy atom. The first kappa shape index (κ1) is 18.9. The molecule has 1 saturated heterocycles. The Morgan fingerprint density at radius 3 is 2.75 bits per heavy atom. The summed E-state index contributed by atoms with van der Waals surface area (Å²) < 4.78 is 29.3. The molecular weight excluding hydrogens is 398 g/mol. The van der Waals surface area contributed by atoms with E-state index in [1.54, 1.807) is 24.3 Å². The fraction of sp³-hybridized carbons (Fsp3) is 0.300. The van der Waals surface area contributed by atoms with Crippen LogP contribution in [0.3, 0.4) is 0 Å². The van der Waals surface area contributed by atoms with Gasteiger partial charge in [-0.2, -0.15) is 0 Å². The molecule has 3 heterocycles. The molecule has 0 aliphatic carbocycles. The molecule has 3 aromatic rings. The van der Waals surface area contributed by atoms with Gasteiger partial charge in [0.2, 0.25) is 0 Å². The van der Waals surface area contributed by atoms with E-state index in [9.17, 15) is 18.0 Å². The smallest absolute Gasteiger partial charge is 0.349 e. The Balaban J connectivity index is 1.75. The molecule has 6 nitrogen and oxygen atoms in total. The fourth-order valence-corrected chi connectivity index (χ4v) is 6.11. The SMILES string of the molecule is Cc1ccsc1CN(C(=O)c1cc2ccccc2oc1=O)[C@H]1CCS(=O)(=O)C1. The van der Waals surface area contributed by atoms with Crippen LogP contribution in [0.1, 0.15) is 27.2 Å². The number of thiophene rings is 1. The van der Waals surface area contributed by atoms with Crippen molar-refractivity contribution in [2.24, 2.45) is 0 Å². The predicted octanol–water partition coefficient (Wildman–Crippen LogP) is 2.99. The summed E-state index contributed by atoms with van der Waals surface area (Å²) in [5, 5.41) is 2.58. The van der Waals surface area contributed by atoms with Crippen molar-refractivity contribution in [1.82, 2.24) is 4.90 Å². The summed E-state index contributed by atoms with van der Waals surface area (Å²) in [6, 6.07) is 10.0. The van der Waals surface area contributed by atoms with Gasteiger partial charge in [-0.25, -0.2) is 13.2 Å². The van der Waals surface area contributed by atoms with Crippen molar-refractivity contribution in [3.8, 4) is 0 Å². The number of carbonyl (C=O) groups excluding carboxylic acids is 1. The number of hydrogen-bond acceptors (Lipinski definition) is 6. The molecule has 1 aliphatic rings. The van der Waals surface area contributed by atoms with Gasteiger partial charge in [0.05, 0.1) is 18.1 Å². The average Bonchev–Trinajstić information content (AvgIpc) is 3.23. The molecule has 1 atom stereocenters. The summed E-state index contributed by atoms with van der Waals surface area (Å²) in [7, 11) is -3.18. The summed E-state index contributed by atoms with van der Waals surface area (Å²) in [6.07, 6.45) is 0.372. The monoisotopic (exact) mass is 417 g/mol. The second-order valence-electron chi connectivity index (χ2n) is 7.00. The van der Waals surface area contributed by atoms with Crippen LogP contribution in [0.2, 0.25) is 0 Å². The minimum atomic E-state index is -3.18. The number of nitrogens with zero attached hydrogens (tertiary/aromatic N) is 1. The molecule has 8 heteroatoms. The summed E-state index contributed by atoms with van der Waals surface area (Å²) in [6.45, 7) is 2.22. The molecule has 0 radical (unpaired) electrons. The summed E-state index contributed by atoms with van der Waals surface area (Å²) in [5.41, 5.74) is 0.664. The van der Waals surface area contributed by atoms with Crippen LogP contribution in [0.15, 0.2) is 51.0 Å². The lowest BCUT2D eigenvalue weighted by Crippen LogP contribution is -2.42. The number of fused-ring (bicyclic) bond motifs is 1. The number of benzene rings is 1. The highest BCUT2D eigenvalue weighted by atomic mass is 32.2. The first-order chi connectivity index (χ1) is 13.3. The van der Waals surface area contributed by atoms with Gasteiger partial charge in [0.25, 0.3) is 5.91 Å². The van der Waals surface area contributed by atoms with E-state index in [-0.39, 0.29) is 23.6 Å². The highest BCUT2D eigenvalue weighted by molar-refractivity contribution is 7.91. The Hall–Kier alpha value is -2.45. The lowest BCUT2D eigenvalue weighted by atomic mass is 10.1. The largest absolute Gasteiger partial charge is 0.422 e. The van der Waals surface area contributed by atoms with E-state index < -0.39 is 27.4 Å². The van der Waals surface area contributed by atoms with Crippen LogP contribution in [0.5, 0.6) is 0 Å². The molecule has 146 valence electrons. The zero-order valence-corrected chi connectivity index (χ0v) is 16.9. The third-order valence-corrected chi connectivity index (χ3v) is 7.82. The molecule has 1 aliphatic heterocycles. The van der Waals surface area contributed by atoms with E-state index in [0.717, 1.165) is 10.4 Å². The maximum absolute atomic E-state index is 13.3. The number of sulfone groups is 1. The van der Waals surface area contributed by atoms with Crippen LogP contribution in [0.4, 0.5) is 0 Å². The van der Waals surface area contributed by atoms with Crippen molar-refractivity contribution < 1.29 is 17.6 Å². The van der Waals surface area contributed by atoms with Crippen LogP contribution in [0.25, 0.3) is 11.0 Å². The lowest BCUT2D eigenvalue weighted by Gasteiger charge is -2.28. The maximum atomic E-state index is 13.3. The van der Waals surface area contributed by atoms with E-state index in [2.05, 4.69) is 0 Å². The van der Waals surface area contributed by atoms with E-state index in [1.165, 1.54) is 22.3 Å².